The summed E-state index contributed by atoms with van der Waals surface area (Å²) < 4.78 is 24.8. The van der Waals surface area contributed by atoms with Gasteiger partial charge in [-0.05, 0) is 31.2 Å². The van der Waals surface area contributed by atoms with Crippen molar-refractivity contribution in [2.24, 2.45) is 0 Å². The molecule has 2 rings (SSSR count). The Balaban J connectivity index is 2.30. The number of pyridine rings is 1. The summed E-state index contributed by atoms with van der Waals surface area (Å²) in [6.07, 6.45) is -0.996. The number of alkyl halides is 2. The van der Waals surface area contributed by atoms with Crippen LogP contribution in [0.25, 0.3) is 10.6 Å². The van der Waals surface area contributed by atoms with Crippen LogP contribution in [0.1, 0.15) is 28.6 Å². The topological polar surface area (TPSA) is 30.0 Å². The van der Waals surface area contributed by atoms with E-state index in [1.807, 2.05) is 0 Å². The second kappa shape index (κ2) is 4.71. The quantitative estimate of drug-likeness (QED) is 0.775. The van der Waals surface area contributed by atoms with E-state index in [1.165, 1.54) is 19.2 Å². The highest BCUT2D eigenvalue weighted by Crippen LogP contribution is 2.32. The third-order valence-corrected chi connectivity index (χ3v) is 3.38. The van der Waals surface area contributed by atoms with Crippen LogP contribution in [-0.2, 0) is 0 Å². The van der Waals surface area contributed by atoms with Crippen molar-refractivity contribution in [1.82, 2.24) is 4.98 Å². The molecule has 17 heavy (non-hydrogen) atoms. The van der Waals surface area contributed by atoms with E-state index < -0.39 is 6.43 Å². The maximum atomic E-state index is 12.4. The maximum absolute atomic E-state index is 12.4. The molecule has 0 spiro atoms. The van der Waals surface area contributed by atoms with E-state index >= 15 is 0 Å². The minimum absolute atomic E-state index is 0.0254. The van der Waals surface area contributed by atoms with Crippen molar-refractivity contribution in [2.75, 3.05) is 0 Å². The summed E-state index contributed by atoms with van der Waals surface area (Å²) in [4.78, 5) is 15.8. The second-order valence-corrected chi connectivity index (χ2v) is 4.61. The van der Waals surface area contributed by atoms with E-state index in [1.54, 1.807) is 18.2 Å². The summed E-state index contributed by atoms with van der Waals surface area (Å²) >= 11 is 1.01. The van der Waals surface area contributed by atoms with Gasteiger partial charge in [0.1, 0.15) is 0 Å². The van der Waals surface area contributed by atoms with Crippen LogP contribution in [0.4, 0.5) is 8.78 Å². The van der Waals surface area contributed by atoms with Gasteiger partial charge in [0, 0.05) is 11.8 Å². The van der Waals surface area contributed by atoms with Gasteiger partial charge in [0.25, 0.3) is 6.43 Å². The molecule has 5 heteroatoms. The van der Waals surface area contributed by atoms with Crippen LogP contribution in [0.15, 0.2) is 30.5 Å². The number of carbonyl (C=O) groups excluding carboxylic acids is 1. The summed E-state index contributed by atoms with van der Waals surface area (Å²) in [5.41, 5.74) is 1.12. The van der Waals surface area contributed by atoms with E-state index in [-0.39, 0.29) is 10.7 Å². The Morgan fingerprint density at radius 2 is 2.06 bits per heavy atom. The van der Waals surface area contributed by atoms with E-state index in [0.717, 1.165) is 11.3 Å². The lowest BCUT2D eigenvalue weighted by molar-refractivity contribution is 0.101. The van der Waals surface area contributed by atoms with E-state index in [2.05, 4.69) is 4.98 Å². The predicted octanol–water partition coefficient (Wildman–Crippen LogP) is 3.95. The monoisotopic (exact) mass is 253 g/mol. The van der Waals surface area contributed by atoms with Crippen LogP contribution in [0.3, 0.4) is 0 Å². The molecule has 2 nitrogen and oxygen atoms in total. The molecule has 0 N–H and O–H groups in total. The lowest BCUT2D eigenvalue weighted by Crippen LogP contribution is -1.92. The molecule has 2 heterocycles. The molecule has 0 aliphatic rings. The van der Waals surface area contributed by atoms with E-state index in [4.69, 9.17) is 0 Å². The zero-order chi connectivity index (χ0) is 12.4. The van der Waals surface area contributed by atoms with Gasteiger partial charge in [-0.2, -0.15) is 0 Å². The average molecular weight is 253 g/mol. The predicted molar refractivity (Wildman–Crippen MR) is 62.5 cm³/mol. The number of hydrogen-bond donors (Lipinski definition) is 0. The van der Waals surface area contributed by atoms with E-state index in [9.17, 15) is 13.6 Å². The standard InChI is InChI=1S/C12H9F2NOS/c1-7(16)8-2-3-9(15-6-8)10-4-5-11(17-10)12(13)14/h2-6,12H,1H3. The van der Waals surface area contributed by atoms with Crippen molar-refractivity contribution in [2.45, 2.75) is 13.3 Å². The van der Waals surface area contributed by atoms with Crippen molar-refractivity contribution >= 4 is 17.1 Å². The second-order valence-electron chi connectivity index (χ2n) is 3.49. The molecule has 0 aliphatic heterocycles. The number of aromatic nitrogens is 1. The Morgan fingerprint density at radius 3 is 2.53 bits per heavy atom. The van der Waals surface area contributed by atoms with E-state index in [0.29, 0.717) is 16.1 Å². The maximum Gasteiger partial charge on any atom is 0.272 e. The molecular weight excluding hydrogens is 244 g/mol. The van der Waals surface area contributed by atoms with Crippen molar-refractivity contribution in [1.29, 1.82) is 0 Å². The highest BCUT2D eigenvalue weighted by molar-refractivity contribution is 7.15. The normalized spacial score (nSPS) is 10.8. The summed E-state index contributed by atoms with van der Waals surface area (Å²) in [5.74, 6) is -0.0662. The minimum Gasteiger partial charge on any atom is -0.294 e. The average Bonchev–Trinajstić information content (AvgIpc) is 2.78. The number of hydrogen-bond acceptors (Lipinski definition) is 3. The summed E-state index contributed by atoms with van der Waals surface area (Å²) in [6, 6.07) is 6.32. The van der Waals surface area contributed by atoms with Crippen LogP contribution in [0.2, 0.25) is 0 Å². The first-order chi connectivity index (χ1) is 8.08. The van der Waals surface area contributed by atoms with Gasteiger partial charge in [0.05, 0.1) is 15.4 Å². The number of halogens is 2. The van der Waals surface area contributed by atoms with Crippen molar-refractivity contribution in [3.8, 4) is 10.6 Å². The third-order valence-electron chi connectivity index (χ3n) is 2.26. The fraction of sp³-hybridized carbons (Fsp3) is 0.167. The largest absolute Gasteiger partial charge is 0.294 e. The highest BCUT2D eigenvalue weighted by Gasteiger charge is 2.12. The molecule has 0 amide bonds. The molecule has 0 fully saturated rings. The molecule has 0 unspecified atom stereocenters. The first-order valence-corrected chi connectivity index (χ1v) is 5.75. The Kier molecular flexibility index (Phi) is 3.28. The number of rotatable bonds is 3. The fourth-order valence-corrected chi connectivity index (χ4v) is 2.20. The van der Waals surface area contributed by atoms with Gasteiger partial charge in [-0.15, -0.1) is 11.3 Å². The van der Waals surface area contributed by atoms with Gasteiger partial charge in [-0.3, -0.25) is 9.78 Å². The Morgan fingerprint density at radius 1 is 1.29 bits per heavy atom. The zero-order valence-electron chi connectivity index (χ0n) is 8.98. The SMILES string of the molecule is CC(=O)c1ccc(-c2ccc(C(F)F)s2)nc1. The van der Waals surface area contributed by atoms with Crippen LogP contribution >= 0.6 is 11.3 Å². The van der Waals surface area contributed by atoms with Crippen LogP contribution in [0, 0.1) is 0 Å². The summed E-state index contributed by atoms with van der Waals surface area (Å²) in [6.45, 7) is 1.46. The molecule has 2 aromatic heterocycles. The van der Waals surface area contributed by atoms with Gasteiger partial charge in [-0.1, -0.05) is 0 Å². The molecule has 0 atom stereocenters. The molecule has 0 saturated heterocycles. The lowest BCUT2D eigenvalue weighted by atomic mass is 10.2. The fourth-order valence-electron chi connectivity index (χ4n) is 1.36. The Labute approximate surface area is 101 Å². The smallest absolute Gasteiger partial charge is 0.272 e. The number of Topliss-reactive ketones (excluding diaryl/α,β-unsaturated/α-hetero) is 1. The molecular formula is C12H9F2NOS. The van der Waals surface area contributed by atoms with Gasteiger partial charge >= 0.3 is 0 Å². The third kappa shape index (κ3) is 2.55. The first kappa shape index (κ1) is 11.9. The number of nitrogens with zero attached hydrogens (tertiary/aromatic N) is 1. The molecule has 0 aliphatic carbocycles. The van der Waals surface area contributed by atoms with Gasteiger partial charge < -0.3 is 0 Å². The molecule has 0 saturated carbocycles. The van der Waals surface area contributed by atoms with Gasteiger partial charge in [0.2, 0.25) is 0 Å². The number of thiophene rings is 1. The summed E-state index contributed by atoms with van der Waals surface area (Å²) in [5, 5.41) is 0. The molecule has 0 aromatic carbocycles. The minimum atomic E-state index is -2.45. The first-order valence-electron chi connectivity index (χ1n) is 4.93. The summed E-state index contributed by atoms with van der Waals surface area (Å²) in [7, 11) is 0. The van der Waals surface area contributed by atoms with Gasteiger partial charge in [-0.25, -0.2) is 8.78 Å². The van der Waals surface area contributed by atoms with Crippen LogP contribution < -0.4 is 0 Å². The van der Waals surface area contributed by atoms with Crippen molar-refractivity contribution < 1.29 is 13.6 Å². The van der Waals surface area contributed by atoms with Gasteiger partial charge in [0.15, 0.2) is 5.78 Å². The number of carbonyl (C=O) groups is 1. The lowest BCUT2D eigenvalue weighted by Gasteiger charge is -1.98. The van der Waals surface area contributed by atoms with Crippen molar-refractivity contribution in [3.05, 3.63) is 40.9 Å². The zero-order valence-corrected chi connectivity index (χ0v) is 9.80. The molecule has 2 aromatic rings. The molecule has 88 valence electrons. The highest BCUT2D eigenvalue weighted by atomic mass is 32.1. The molecule has 0 radical (unpaired) electrons. The van der Waals surface area contributed by atoms with Crippen molar-refractivity contribution in [3.63, 3.8) is 0 Å². The Hall–Kier alpha value is -1.62. The van der Waals surface area contributed by atoms with Crippen LogP contribution in [-0.4, -0.2) is 10.8 Å². The number of ketones is 1. The molecule has 0 bridgehead atoms. The Bertz CT molecular complexity index is 534. The van der Waals surface area contributed by atoms with Crippen LogP contribution in [0.5, 0.6) is 0 Å².